The summed E-state index contributed by atoms with van der Waals surface area (Å²) in [6, 6.07) is 7.30. The smallest absolute Gasteiger partial charge is 0.0471 e. The molecule has 0 bridgehead atoms. The average molecular weight is 548 g/mol. The van der Waals surface area contributed by atoms with E-state index in [2.05, 4.69) is 87.4 Å². The van der Waals surface area contributed by atoms with Gasteiger partial charge in [0.1, 0.15) is 0 Å². The molecule has 0 aromatic heterocycles. The second-order valence-corrected chi connectivity index (χ2v) is 7.62. The van der Waals surface area contributed by atoms with Crippen LogP contribution in [0.2, 0.25) is 0 Å². The maximum Gasteiger partial charge on any atom is 0.0471 e. The summed E-state index contributed by atoms with van der Waals surface area (Å²) in [5.74, 6) is 11.6. The van der Waals surface area contributed by atoms with E-state index in [0.29, 0.717) is 11.4 Å². The molecule has 0 saturated carbocycles. The van der Waals surface area contributed by atoms with E-state index >= 15 is 0 Å². The highest BCUT2D eigenvalue weighted by Gasteiger charge is 2.02. The molecular weight excluding hydrogens is 540 g/mol. The molecular formula is C16H8Br4N2. The fourth-order valence-electron chi connectivity index (χ4n) is 1.52. The molecule has 2 rings (SSSR count). The molecule has 0 aliphatic rings. The molecule has 6 heteroatoms. The van der Waals surface area contributed by atoms with Crippen LogP contribution in [0.1, 0.15) is 11.1 Å². The summed E-state index contributed by atoms with van der Waals surface area (Å²) in [6.07, 6.45) is 0. The van der Waals surface area contributed by atoms with Crippen molar-refractivity contribution in [1.82, 2.24) is 0 Å². The molecule has 22 heavy (non-hydrogen) atoms. The lowest BCUT2D eigenvalue weighted by atomic mass is 10.2. The number of hydrogen-bond donors (Lipinski definition) is 2. The van der Waals surface area contributed by atoms with E-state index in [1.165, 1.54) is 0 Å². The molecule has 0 amide bonds. The van der Waals surface area contributed by atoms with Crippen LogP contribution in [0.4, 0.5) is 11.4 Å². The first-order valence-electron chi connectivity index (χ1n) is 5.89. The van der Waals surface area contributed by atoms with E-state index < -0.39 is 0 Å². The molecule has 0 radical (unpaired) electrons. The number of rotatable bonds is 0. The highest BCUT2D eigenvalue weighted by atomic mass is 79.9. The Kier molecular flexibility index (Phi) is 6.00. The fraction of sp³-hybridized carbons (Fsp3) is 0. The normalized spacial score (nSPS) is 9.45. The SMILES string of the molecule is Nc1cc(C#CC#Cc2cc(N)c(Br)cc2Br)c(Br)cc1Br. The van der Waals surface area contributed by atoms with Crippen LogP contribution in [0.25, 0.3) is 0 Å². The summed E-state index contributed by atoms with van der Waals surface area (Å²) >= 11 is 13.6. The Labute approximate surface area is 162 Å². The molecule has 0 unspecified atom stereocenters. The van der Waals surface area contributed by atoms with Crippen molar-refractivity contribution in [2.75, 3.05) is 11.5 Å². The third kappa shape index (κ3) is 4.30. The van der Waals surface area contributed by atoms with Crippen LogP contribution in [-0.4, -0.2) is 0 Å². The Morgan fingerprint density at radius 2 is 0.955 bits per heavy atom. The molecule has 0 atom stereocenters. The number of halogens is 4. The minimum Gasteiger partial charge on any atom is -0.398 e. The lowest BCUT2D eigenvalue weighted by Gasteiger charge is -2.01. The van der Waals surface area contributed by atoms with Gasteiger partial charge in [-0.3, -0.25) is 0 Å². The van der Waals surface area contributed by atoms with Gasteiger partial charge in [-0.25, -0.2) is 0 Å². The summed E-state index contributed by atoms with van der Waals surface area (Å²) in [6.45, 7) is 0. The first-order valence-corrected chi connectivity index (χ1v) is 9.06. The zero-order valence-corrected chi connectivity index (χ0v) is 17.3. The Morgan fingerprint density at radius 3 is 1.32 bits per heavy atom. The van der Waals surface area contributed by atoms with E-state index in [4.69, 9.17) is 11.5 Å². The number of nitrogen functional groups attached to an aromatic ring is 2. The summed E-state index contributed by atoms with van der Waals surface area (Å²) in [7, 11) is 0. The lowest BCUT2D eigenvalue weighted by molar-refractivity contribution is 1.54. The first-order chi connectivity index (χ1) is 10.4. The Morgan fingerprint density at radius 1 is 0.591 bits per heavy atom. The Hall–Kier alpha value is -0.920. The number of anilines is 2. The lowest BCUT2D eigenvalue weighted by Crippen LogP contribution is -1.89. The number of hydrogen-bond acceptors (Lipinski definition) is 2. The fourth-order valence-corrected chi connectivity index (χ4v) is 3.71. The van der Waals surface area contributed by atoms with Crippen LogP contribution in [0.15, 0.2) is 42.2 Å². The zero-order valence-electron chi connectivity index (χ0n) is 11.0. The van der Waals surface area contributed by atoms with E-state index in [-0.39, 0.29) is 0 Å². The Bertz CT molecular complexity index is 794. The topological polar surface area (TPSA) is 52.0 Å². The largest absolute Gasteiger partial charge is 0.398 e. The monoisotopic (exact) mass is 544 g/mol. The van der Waals surface area contributed by atoms with E-state index in [1.54, 1.807) is 12.1 Å². The molecule has 2 aromatic rings. The van der Waals surface area contributed by atoms with Crippen LogP contribution in [0.3, 0.4) is 0 Å². The van der Waals surface area contributed by atoms with Gasteiger partial charge in [-0.2, -0.15) is 0 Å². The van der Waals surface area contributed by atoms with Gasteiger partial charge >= 0.3 is 0 Å². The molecule has 110 valence electrons. The van der Waals surface area contributed by atoms with Crippen molar-refractivity contribution < 1.29 is 0 Å². The van der Waals surface area contributed by atoms with Gasteiger partial charge in [-0.1, -0.05) is 11.8 Å². The third-order valence-electron chi connectivity index (χ3n) is 2.63. The second kappa shape index (κ2) is 7.57. The van der Waals surface area contributed by atoms with Crippen LogP contribution in [0, 0.1) is 23.7 Å². The molecule has 0 spiro atoms. The highest BCUT2D eigenvalue weighted by Crippen LogP contribution is 2.28. The van der Waals surface area contributed by atoms with Crippen LogP contribution < -0.4 is 11.5 Å². The van der Waals surface area contributed by atoms with Gasteiger partial charge in [0.25, 0.3) is 0 Å². The van der Waals surface area contributed by atoms with Gasteiger partial charge in [0, 0.05) is 40.4 Å². The van der Waals surface area contributed by atoms with Crippen molar-refractivity contribution >= 4 is 75.1 Å². The van der Waals surface area contributed by atoms with Gasteiger partial charge < -0.3 is 11.5 Å². The maximum absolute atomic E-state index is 5.84. The van der Waals surface area contributed by atoms with Crippen molar-refractivity contribution in [3.05, 3.63) is 53.3 Å². The van der Waals surface area contributed by atoms with Gasteiger partial charge in [0.2, 0.25) is 0 Å². The molecule has 0 heterocycles. The van der Waals surface area contributed by atoms with Crippen LogP contribution in [0.5, 0.6) is 0 Å². The summed E-state index contributed by atoms with van der Waals surface area (Å²) in [4.78, 5) is 0. The Balaban J connectivity index is 2.30. The first kappa shape index (κ1) is 17.4. The molecule has 4 N–H and O–H groups in total. The van der Waals surface area contributed by atoms with Crippen molar-refractivity contribution in [3.8, 4) is 23.7 Å². The van der Waals surface area contributed by atoms with Crippen molar-refractivity contribution in [2.45, 2.75) is 0 Å². The predicted molar refractivity (Wildman–Crippen MR) is 106 cm³/mol. The van der Waals surface area contributed by atoms with E-state index in [9.17, 15) is 0 Å². The van der Waals surface area contributed by atoms with Gasteiger partial charge in [0.15, 0.2) is 0 Å². The summed E-state index contributed by atoms with van der Waals surface area (Å²) in [5.41, 5.74) is 14.5. The quantitative estimate of drug-likeness (QED) is 0.347. The van der Waals surface area contributed by atoms with Gasteiger partial charge in [0.05, 0.1) is 0 Å². The van der Waals surface area contributed by atoms with E-state index in [0.717, 1.165) is 29.0 Å². The minimum atomic E-state index is 0.629. The molecule has 0 aliphatic carbocycles. The van der Waals surface area contributed by atoms with Crippen molar-refractivity contribution in [1.29, 1.82) is 0 Å². The third-order valence-corrected chi connectivity index (χ3v) is 5.32. The van der Waals surface area contributed by atoms with E-state index in [1.807, 2.05) is 12.1 Å². The maximum atomic E-state index is 5.84. The summed E-state index contributed by atoms with van der Waals surface area (Å²) < 4.78 is 3.37. The molecule has 2 nitrogen and oxygen atoms in total. The molecule has 0 fully saturated rings. The van der Waals surface area contributed by atoms with Crippen molar-refractivity contribution in [2.24, 2.45) is 0 Å². The van der Waals surface area contributed by atoms with Gasteiger partial charge in [-0.15, -0.1) is 0 Å². The number of nitrogens with two attached hydrogens (primary N) is 2. The molecule has 0 saturated heterocycles. The second-order valence-electron chi connectivity index (χ2n) is 4.21. The molecule has 0 aliphatic heterocycles. The predicted octanol–water partition coefficient (Wildman–Crippen LogP) is 5.30. The number of benzene rings is 2. The molecule has 2 aromatic carbocycles. The summed E-state index contributed by atoms with van der Waals surface area (Å²) in [5, 5.41) is 0. The van der Waals surface area contributed by atoms with Crippen LogP contribution >= 0.6 is 63.7 Å². The van der Waals surface area contributed by atoms with Crippen molar-refractivity contribution in [3.63, 3.8) is 0 Å². The standard InChI is InChI=1S/C16H8Br4N2/c17-11-7-13(19)15(21)5-9(11)3-1-2-4-10-6-16(22)14(20)8-12(10)18/h5-8H,21-22H2. The minimum absolute atomic E-state index is 0.629. The van der Waals surface area contributed by atoms with Crippen LogP contribution in [-0.2, 0) is 0 Å². The van der Waals surface area contributed by atoms with Gasteiger partial charge in [-0.05, 0) is 99.8 Å². The highest BCUT2D eigenvalue weighted by molar-refractivity contribution is 9.11. The average Bonchev–Trinajstić information content (AvgIpc) is 2.45. The zero-order chi connectivity index (χ0) is 16.3.